The van der Waals surface area contributed by atoms with Crippen molar-refractivity contribution in [2.24, 2.45) is 5.73 Å². The monoisotopic (exact) mass is 136 g/mol. The van der Waals surface area contributed by atoms with Gasteiger partial charge in [0.2, 0.25) is 5.76 Å². The van der Waals surface area contributed by atoms with Crippen LogP contribution in [-0.4, -0.2) is 5.91 Å². The fourth-order valence-electron chi connectivity index (χ4n) is 0.530. The highest BCUT2D eigenvalue weighted by Gasteiger charge is 2.04. The third-order valence-corrected chi connectivity index (χ3v) is 0.959. The molecule has 0 aromatic carbocycles. The molecular formula is C6H4N2O2. The minimum atomic E-state index is -0.665. The standard InChI is InChI=1S/C6H4N2O2/c7-3-4-1-2-5(10-4)6(8)9/h1-2H,(H2,8,9). The van der Waals surface area contributed by atoms with E-state index in [1.54, 1.807) is 6.07 Å². The number of hydrogen-bond acceptors (Lipinski definition) is 3. The minimum absolute atomic E-state index is 0.0107. The van der Waals surface area contributed by atoms with E-state index in [1.807, 2.05) is 0 Å². The summed E-state index contributed by atoms with van der Waals surface area (Å²) in [5.74, 6) is -0.563. The Kier molecular flexibility index (Phi) is 1.42. The highest BCUT2D eigenvalue weighted by molar-refractivity contribution is 5.89. The van der Waals surface area contributed by atoms with Gasteiger partial charge in [0.1, 0.15) is 6.07 Å². The average Bonchev–Trinajstić information content (AvgIpc) is 2.34. The molecule has 4 nitrogen and oxygen atoms in total. The Bertz CT molecular complexity index is 295. The van der Waals surface area contributed by atoms with Crippen LogP contribution >= 0.6 is 0 Å². The Morgan fingerprint density at radius 3 is 2.70 bits per heavy atom. The SMILES string of the molecule is N#Cc1ccc(C(N)=O)o1. The number of amides is 1. The number of nitriles is 1. The molecule has 1 amide bonds. The van der Waals surface area contributed by atoms with Crippen molar-refractivity contribution in [2.75, 3.05) is 0 Å². The van der Waals surface area contributed by atoms with Gasteiger partial charge in [-0.05, 0) is 12.1 Å². The highest BCUT2D eigenvalue weighted by Crippen LogP contribution is 2.04. The summed E-state index contributed by atoms with van der Waals surface area (Å²) < 4.78 is 4.66. The van der Waals surface area contributed by atoms with Crippen LogP contribution in [0.4, 0.5) is 0 Å². The van der Waals surface area contributed by atoms with Gasteiger partial charge in [0.15, 0.2) is 5.76 Å². The molecule has 1 aromatic rings. The van der Waals surface area contributed by atoms with Crippen molar-refractivity contribution in [3.8, 4) is 6.07 Å². The van der Waals surface area contributed by atoms with Crippen molar-refractivity contribution in [1.29, 1.82) is 5.26 Å². The Morgan fingerprint density at radius 1 is 1.70 bits per heavy atom. The molecule has 4 heteroatoms. The lowest BCUT2D eigenvalue weighted by molar-refractivity contribution is 0.0973. The fourth-order valence-corrected chi connectivity index (χ4v) is 0.530. The van der Waals surface area contributed by atoms with Gasteiger partial charge in [0.05, 0.1) is 0 Å². The third kappa shape index (κ3) is 0.977. The van der Waals surface area contributed by atoms with Crippen LogP contribution in [0, 0.1) is 11.3 Å². The summed E-state index contributed by atoms with van der Waals surface area (Å²) in [6, 6.07) is 4.48. The Balaban J connectivity index is 3.02. The van der Waals surface area contributed by atoms with E-state index in [0.717, 1.165) is 0 Å². The molecule has 1 heterocycles. The lowest BCUT2D eigenvalue weighted by atomic mass is 10.4. The molecule has 1 rings (SSSR count). The third-order valence-electron chi connectivity index (χ3n) is 0.959. The summed E-state index contributed by atoms with van der Waals surface area (Å²) in [7, 11) is 0. The fraction of sp³-hybridized carbons (Fsp3) is 0. The molecule has 0 unspecified atom stereocenters. The van der Waals surface area contributed by atoms with E-state index in [4.69, 9.17) is 11.0 Å². The molecule has 10 heavy (non-hydrogen) atoms. The van der Waals surface area contributed by atoms with Crippen LogP contribution < -0.4 is 5.73 Å². The normalized spacial score (nSPS) is 8.70. The minimum Gasteiger partial charge on any atom is -0.440 e. The molecule has 0 saturated carbocycles. The summed E-state index contributed by atoms with van der Waals surface area (Å²) >= 11 is 0. The molecule has 2 N–H and O–H groups in total. The first-order valence-corrected chi connectivity index (χ1v) is 2.54. The average molecular weight is 136 g/mol. The first kappa shape index (κ1) is 6.36. The maximum Gasteiger partial charge on any atom is 0.284 e. The lowest BCUT2D eigenvalue weighted by Gasteiger charge is -1.82. The van der Waals surface area contributed by atoms with Gasteiger partial charge in [-0.3, -0.25) is 4.79 Å². The molecule has 0 aliphatic rings. The molecule has 0 atom stereocenters. The molecule has 0 saturated heterocycles. The van der Waals surface area contributed by atoms with E-state index in [-0.39, 0.29) is 11.5 Å². The lowest BCUT2D eigenvalue weighted by Crippen LogP contribution is -2.09. The predicted octanol–water partition coefficient (Wildman–Crippen LogP) is 0.250. The summed E-state index contributed by atoms with van der Waals surface area (Å²) in [5.41, 5.74) is 4.84. The number of carbonyl (C=O) groups is 1. The molecule has 0 aliphatic heterocycles. The molecule has 50 valence electrons. The topological polar surface area (TPSA) is 80.0 Å². The number of rotatable bonds is 1. The number of nitrogens with two attached hydrogens (primary N) is 1. The molecule has 0 aliphatic carbocycles. The molecule has 0 radical (unpaired) electrons. The first-order chi connectivity index (χ1) is 4.74. The highest BCUT2D eigenvalue weighted by atomic mass is 16.3. The van der Waals surface area contributed by atoms with Gasteiger partial charge < -0.3 is 10.2 Å². The predicted molar refractivity (Wildman–Crippen MR) is 31.9 cm³/mol. The van der Waals surface area contributed by atoms with Crippen molar-refractivity contribution < 1.29 is 9.21 Å². The Labute approximate surface area is 56.8 Å². The summed E-state index contributed by atoms with van der Waals surface area (Å²) in [5, 5.41) is 8.24. The molecule has 0 spiro atoms. The summed E-state index contributed by atoms with van der Waals surface area (Å²) in [4.78, 5) is 10.3. The van der Waals surface area contributed by atoms with E-state index < -0.39 is 5.91 Å². The van der Waals surface area contributed by atoms with Crippen LogP contribution in [0.15, 0.2) is 16.5 Å². The maximum absolute atomic E-state index is 10.3. The second kappa shape index (κ2) is 2.23. The van der Waals surface area contributed by atoms with Crippen molar-refractivity contribution in [1.82, 2.24) is 0 Å². The van der Waals surface area contributed by atoms with Crippen molar-refractivity contribution >= 4 is 5.91 Å². The van der Waals surface area contributed by atoms with Crippen molar-refractivity contribution in [3.05, 3.63) is 23.7 Å². The van der Waals surface area contributed by atoms with Gasteiger partial charge in [-0.1, -0.05) is 0 Å². The molecular weight excluding hydrogens is 132 g/mol. The van der Waals surface area contributed by atoms with Crippen LogP contribution in [-0.2, 0) is 0 Å². The van der Waals surface area contributed by atoms with Crippen LogP contribution in [0.1, 0.15) is 16.3 Å². The largest absolute Gasteiger partial charge is 0.440 e. The summed E-state index contributed by atoms with van der Waals surface area (Å²) in [6.07, 6.45) is 0. The zero-order valence-corrected chi connectivity index (χ0v) is 5.00. The van der Waals surface area contributed by atoms with Gasteiger partial charge in [-0.2, -0.15) is 5.26 Å². The Morgan fingerprint density at radius 2 is 2.40 bits per heavy atom. The van der Waals surface area contributed by atoms with Gasteiger partial charge in [0, 0.05) is 0 Å². The zero-order valence-electron chi connectivity index (χ0n) is 5.00. The van der Waals surface area contributed by atoms with E-state index in [2.05, 4.69) is 4.42 Å². The second-order valence-electron chi connectivity index (χ2n) is 1.64. The quantitative estimate of drug-likeness (QED) is 0.600. The van der Waals surface area contributed by atoms with Gasteiger partial charge in [-0.15, -0.1) is 0 Å². The number of primary amides is 1. The van der Waals surface area contributed by atoms with Crippen LogP contribution in [0.2, 0.25) is 0 Å². The van der Waals surface area contributed by atoms with Gasteiger partial charge in [0.25, 0.3) is 5.91 Å². The number of furan rings is 1. The van der Waals surface area contributed by atoms with Crippen LogP contribution in [0.25, 0.3) is 0 Å². The van der Waals surface area contributed by atoms with E-state index >= 15 is 0 Å². The number of nitrogens with zero attached hydrogens (tertiary/aromatic N) is 1. The van der Waals surface area contributed by atoms with E-state index in [0.29, 0.717) is 0 Å². The number of hydrogen-bond donors (Lipinski definition) is 1. The van der Waals surface area contributed by atoms with Crippen molar-refractivity contribution in [2.45, 2.75) is 0 Å². The van der Waals surface area contributed by atoms with Crippen LogP contribution in [0.5, 0.6) is 0 Å². The van der Waals surface area contributed by atoms with Crippen molar-refractivity contribution in [3.63, 3.8) is 0 Å². The number of carbonyl (C=O) groups excluding carboxylic acids is 1. The van der Waals surface area contributed by atoms with Gasteiger partial charge in [-0.25, -0.2) is 0 Å². The smallest absolute Gasteiger partial charge is 0.284 e. The molecule has 1 aromatic heterocycles. The van der Waals surface area contributed by atoms with Crippen LogP contribution in [0.3, 0.4) is 0 Å². The second-order valence-corrected chi connectivity index (χ2v) is 1.64. The van der Waals surface area contributed by atoms with E-state index in [1.165, 1.54) is 12.1 Å². The summed E-state index contributed by atoms with van der Waals surface area (Å²) in [6.45, 7) is 0. The zero-order chi connectivity index (χ0) is 7.56. The first-order valence-electron chi connectivity index (χ1n) is 2.54. The maximum atomic E-state index is 10.3. The Hall–Kier alpha value is -1.76. The molecule has 0 fully saturated rings. The van der Waals surface area contributed by atoms with E-state index in [9.17, 15) is 4.79 Å². The molecule has 0 bridgehead atoms. The van der Waals surface area contributed by atoms with Gasteiger partial charge >= 0.3 is 0 Å².